The molecule has 1 aromatic rings. The molecule has 86 valence electrons. The number of ketones is 1. The molecule has 2 rings (SSSR count). The van der Waals surface area contributed by atoms with Gasteiger partial charge in [-0.3, -0.25) is 4.79 Å². The molecule has 3 heteroatoms. The van der Waals surface area contributed by atoms with Crippen molar-refractivity contribution in [3.05, 3.63) is 34.6 Å². The summed E-state index contributed by atoms with van der Waals surface area (Å²) in [5.74, 6) is 0.0442. The Morgan fingerprint density at radius 3 is 2.69 bits per heavy atom. The van der Waals surface area contributed by atoms with E-state index in [4.69, 9.17) is 11.6 Å². The lowest BCUT2D eigenvalue weighted by molar-refractivity contribution is -0.122. The summed E-state index contributed by atoms with van der Waals surface area (Å²) in [6, 6.07) is 4.50. The molecule has 0 unspecified atom stereocenters. The molecule has 0 atom stereocenters. The maximum Gasteiger partial charge on any atom is 0.141 e. The van der Waals surface area contributed by atoms with E-state index in [1.807, 2.05) is 0 Å². The molecule has 0 aromatic heterocycles. The highest BCUT2D eigenvalue weighted by Crippen LogP contribution is 2.27. The number of benzene rings is 1. The lowest BCUT2D eigenvalue weighted by Crippen LogP contribution is -2.13. The Labute approximate surface area is 99.6 Å². The Kier molecular flexibility index (Phi) is 3.59. The molecule has 0 saturated heterocycles. The summed E-state index contributed by atoms with van der Waals surface area (Å²) >= 11 is 5.67. The van der Waals surface area contributed by atoms with Gasteiger partial charge < -0.3 is 0 Å². The Morgan fingerprint density at radius 1 is 1.38 bits per heavy atom. The number of hydrogen-bond donors (Lipinski definition) is 0. The smallest absolute Gasteiger partial charge is 0.141 e. The quantitative estimate of drug-likeness (QED) is 0.786. The van der Waals surface area contributed by atoms with Gasteiger partial charge in [-0.2, -0.15) is 0 Å². The van der Waals surface area contributed by atoms with Crippen molar-refractivity contribution in [3.8, 4) is 0 Å². The zero-order valence-corrected chi connectivity index (χ0v) is 9.77. The third kappa shape index (κ3) is 2.62. The highest BCUT2D eigenvalue weighted by Gasteiger charge is 2.22. The van der Waals surface area contributed by atoms with Gasteiger partial charge in [0.2, 0.25) is 0 Å². The molecule has 0 amide bonds. The van der Waals surface area contributed by atoms with Gasteiger partial charge in [0.15, 0.2) is 0 Å². The maximum absolute atomic E-state index is 12.9. The molecule has 0 spiro atoms. The zero-order chi connectivity index (χ0) is 11.5. The Morgan fingerprint density at radius 2 is 2.06 bits per heavy atom. The van der Waals surface area contributed by atoms with E-state index in [0.717, 1.165) is 31.2 Å². The number of carbonyl (C=O) groups is 1. The van der Waals surface area contributed by atoms with E-state index in [0.29, 0.717) is 6.42 Å². The van der Waals surface area contributed by atoms with Gasteiger partial charge >= 0.3 is 0 Å². The molecule has 1 aliphatic carbocycles. The second-order valence-electron chi connectivity index (χ2n) is 4.37. The first-order valence-electron chi connectivity index (χ1n) is 5.63. The fourth-order valence-electron chi connectivity index (χ4n) is 2.24. The van der Waals surface area contributed by atoms with E-state index in [2.05, 4.69) is 0 Å². The summed E-state index contributed by atoms with van der Waals surface area (Å²) in [4.78, 5) is 11.9. The van der Waals surface area contributed by atoms with E-state index in [1.165, 1.54) is 6.07 Å². The van der Waals surface area contributed by atoms with Crippen molar-refractivity contribution in [3.63, 3.8) is 0 Å². The molecule has 16 heavy (non-hydrogen) atoms. The first-order chi connectivity index (χ1) is 7.66. The highest BCUT2D eigenvalue weighted by molar-refractivity contribution is 6.30. The highest BCUT2D eigenvalue weighted by atomic mass is 35.5. The van der Waals surface area contributed by atoms with Crippen molar-refractivity contribution < 1.29 is 9.18 Å². The van der Waals surface area contributed by atoms with Gasteiger partial charge in [-0.05, 0) is 30.5 Å². The third-order valence-electron chi connectivity index (χ3n) is 3.17. The predicted octanol–water partition coefficient (Wildman–Crippen LogP) is 3.78. The van der Waals surface area contributed by atoms with Crippen molar-refractivity contribution in [2.45, 2.75) is 32.1 Å². The van der Waals surface area contributed by atoms with Gasteiger partial charge in [0.25, 0.3) is 0 Å². The topological polar surface area (TPSA) is 17.1 Å². The van der Waals surface area contributed by atoms with Gasteiger partial charge in [0, 0.05) is 12.3 Å². The van der Waals surface area contributed by atoms with Crippen LogP contribution in [0.4, 0.5) is 4.39 Å². The van der Waals surface area contributed by atoms with Gasteiger partial charge in [0.05, 0.1) is 5.02 Å². The van der Waals surface area contributed by atoms with Crippen molar-refractivity contribution >= 4 is 17.4 Å². The van der Waals surface area contributed by atoms with Crippen LogP contribution in [0.1, 0.15) is 31.2 Å². The number of hydrogen-bond acceptors (Lipinski definition) is 1. The molecular weight excluding hydrogens is 227 g/mol. The van der Waals surface area contributed by atoms with Gasteiger partial charge in [-0.25, -0.2) is 4.39 Å². The van der Waals surface area contributed by atoms with Crippen LogP contribution in [0.15, 0.2) is 18.2 Å². The second kappa shape index (κ2) is 4.96. The second-order valence-corrected chi connectivity index (χ2v) is 4.78. The van der Waals surface area contributed by atoms with E-state index < -0.39 is 5.82 Å². The summed E-state index contributed by atoms with van der Waals surface area (Å²) in [6.07, 6.45) is 4.70. The molecule has 1 aliphatic rings. The molecule has 1 fully saturated rings. The molecule has 0 radical (unpaired) electrons. The van der Waals surface area contributed by atoms with E-state index >= 15 is 0 Å². The van der Waals surface area contributed by atoms with E-state index in [-0.39, 0.29) is 16.7 Å². The number of carbonyl (C=O) groups excluding carboxylic acids is 1. The van der Waals surface area contributed by atoms with Crippen LogP contribution in [0.3, 0.4) is 0 Å². The molecular formula is C13H14ClFO. The van der Waals surface area contributed by atoms with Crippen molar-refractivity contribution in [2.24, 2.45) is 5.92 Å². The standard InChI is InChI=1S/C13H14ClFO/c14-11-7-9(5-6-12(11)15)8-13(16)10-3-1-2-4-10/h5-7,10H,1-4,8H2. The average Bonchev–Trinajstić information content (AvgIpc) is 2.77. The molecule has 0 bridgehead atoms. The van der Waals surface area contributed by atoms with Crippen molar-refractivity contribution in [2.75, 3.05) is 0 Å². The fraction of sp³-hybridized carbons (Fsp3) is 0.462. The largest absolute Gasteiger partial charge is 0.299 e. The Hall–Kier alpha value is -0.890. The van der Waals surface area contributed by atoms with Gasteiger partial charge in [0.1, 0.15) is 11.6 Å². The van der Waals surface area contributed by atoms with Crippen LogP contribution < -0.4 is 0 Å². The van der Waals surface area contributed by atoms with Crippen LogP contribution in [0.5, 0.6) is 0 Å². The van der Waals surface area contributed by atoms with Gasteiger partial charge in [-0.1, -0.05) is 30.5 Å². The summed E-state index contributed by atoms with van der Waals surface area (Å²) in [5, 5.41) is 0.0942. The van der Waals surface area contributed by atoms with Crippen molar-refractivity contribution in [1.29, 1.82) is 0 Å². The van der Waals surface area contributed by atoms with Crippen LogP contribution in [0.25, 0.3) is 0 Å². The number of halogens is 2. The van der Waals surface area contributed by atoms with Crippen molar-refractivity contribution in [1.82, 2.24) is 0 Å². The van der Waals surface area contributed by atoms with E-state index in [9.17, 15) is 9.18 Å². The van der Waals surface area contributed by atoms with Crippen LogP contribution in [0.2, 0.25) is 5.02 Å². The Bertz CT molecular complexity index is 397. The monoisotopic (exact) mass is 240 g/mol. The molecule has 0 N–H and O–H groups in total. The van der Waals surface area contributed by atoms with Crippen LogP contribution in [-0.4, -0.2) is 5.78 Å². The minimum absolute atomic E-state index is 0.0942. The zero-order valence-electron chi connectivity index (χ0n) is 9.01. The summed E-state index contributed by atoms with van der Waals surface area (Å²) < 4.78 is 12.9. The number of rotatable bonds is 3. The molecule has 0 aliphatic heterocycles. The normalized spacial score (nSPS) is 16.6. The minimum Gasteiger partial charge on any atom is -0.299 e. The summed E-state index contributed by atoms with van der Waals surface area (Å²) in [7, 11) is 0. The van der Waals surface area contributed by atoms with Gasteiger partial charge in [-0.15, -0.1) is 0 Å². The fourth-order valence-corrected chi connectivity index (χ4v) is 2.45. The van der Waals surface area contributed by atoms with Crippen LogP contribution in [-0.2, 0) is 11.2 Å². The number of Topliss-reactive ketones (excluding diaryl/α,β-unsaturated/α-hetero) is 1. The van der Waals surface area contributed by atoms with E-state index in [1.54, 1.807) is 12.1 Å². The lowest BCUT2D eigenvalue weighted by Gasteiger charge is -2.08. The minimum atomic E-state index is -0.432. The molecule has 1 saturated carbocycles. The lowest BCUT2D eigenvalue weighted by atomic mass is 9.97. The predicted molar refractivity (Wildman–Crippen MR) is 62.1 cm³/mol. The molecule has 1 aromatic carbocycles. The van der Waals surface area contributed by atoms with Crippen LogP contribution in [0, 0.1) is 11.7 Å². The summed E-state index contributed by atoms with van der Waals surface area (Å²) in [6.45, 7) is 0. The Balaban J connectivity index is 2.02. The maximum atomic E-state index is 12.9. The SMILES string of the molecule is O=C(Cc1ccc(F)c(Cl)c1)C1CCCC1. The third-order valence-corrected chi connectivity index (χ3v) is 3.46. The summed E-state index contributed by atoms with van der Waals surface area (Å²) in [5.41, 5.74) is 0.809. The average molecular weight is 241 g/mol. The molecule has 0 heterocycles. The van der Waals surface area contributed by atoms with Crippen LogP contribution >= 0.6 is 11.6 Å². The first kappa shape index (κ1) is 11.6. The molecule has 1 nitrogen and oxygen atoms in total. The first-order valence-corrected chi connectivity index (χ1v) is 6.01.